The minimum Gasteiger partial charge on any atom is -0.0622 e. The number of fused-ring (bicyclic) bond motifs is 3. The van der Waals surface area contributed by atoms with E-state index in [4.69, 9.17) is 0 Å². The molecule has 0 aliphatic rings. The van der Waals surface area contributed by atoms with E-state index in [2.05, 4.69) is 194 Å². The molecule has 52 heavy (non-hydrogen) atoms. The van der Waals surface area contributed by atoms with E-state index in [1.165, 1.54) is 109 Å². The predicted octanol–water partition coefficient (Wildman–Crippen LogP) is 14.7. The van der Waals surface area contributed by atoms with Gasteiger partial charge < -0.3 is 0 Å². The maximum atomic E-state index is 2.43. The van der Waals surface area contributed by atoms with Crippen LogP contribution in [0.3, 0.4) is 0 Å². The van der Waals surface area contributed by atoms with Gasteiger partial charge in [0.05, 0.1) is 0 Å². The van der Waals surface area contributed by atoms with Gasteiger partial charge in [-0.3, -0.25) is 0 Å². The zero-order chi connectivity index (χ0) is 34.2. The van der Waals surface area contributed by atoms with Crippen molar-refractivity contribution in [3.05, 3.63) is 194 Å². The molecule has 0 heterocycles. The molecular formula is C52H32. The van der Waals surface area contributed by atoms with Gasteiger partial charge in [0, 0.05) is 0 Å². The first kappa shape index (κ1) is 29.0. The van der Waals surface area contributed by atoms with E-state index in [1.54, 1.807) is 0 Å². The van der Waals surface area contributed by atoms with Crippen molar-refractivity contribution in [2.45, 2.75) is 0 Å². The molecule has 0 spiro atoms. The van der Waals surface area contributed by atoms with E-state index in [0.717, 1.165) is 0 Å². The Hall–Kier alpha value is -6.76. The summed E-state index contributed by atoms with van der Waals surface area (Å²) in [4.78, 5) is 0. The molecule has 0 amide bonds. The second-order valence-corrected chi connectivity index (χ2v) is 14.0. The molecule has 0 aliphatic heterocycles. The summed E-state index contributed by atoms with van der Waals surface area (Å²) in [5, 5.41) is 15.4. The summed E-state index contributed by atoms with van der Waals surface area (Å²) in [7, 11) is 0. The number of benzene rings is 11. The molecule has 240 valence electrons. The zero-order valence-electron chi connectivity index (χ0n) is 28.5. The highest BCUT2D eigenvalue weighted by Crippen LogP contribution is 2.47. The van der Waals surface area contributed by atoms with Crippen LogP contribution in [0.2, 0.25) is 0 Å². The number of hydrogen-bond acceptors (Lipinski definition) is 0. The van der Waals surface area contributed by atoms with Crippen molar-refractivity contribution in [1.29, 1.82) is 0 Å². The van der Waals surface area contributed by atoms with Crippen LogP contribution in [0.25, 0.3) is 109 Å². The molecule has 11 aromatic carbocycles. The quantitative estimate of drug-likeness (QED) is 0.131. The smallest absolute Gasteiger partial charge is 0.00206 e. The van der Waals surface area contributed by atoms with Crippen LogP contribution in [0.4, 0.5) is 0 Å². The molecule has 0 nitrogen and oxygen atoms in total. The van der Waals surface area contributed by atoms with Crippen LogP contribution in [-0.2, 0) is 0 Å². The van der Waals surface area contributed by atoms with Gasteiger partial charge in [0.2, 0.25) is 0 Å². The van der Waals surface area contributed by atoms with Crippen molar-refractivity contribution in [2.24, 2.45) is 0 Å². The van der Waals surface area contributed by atoms with E-state index < -0.39 is 0 Å². The van der Waals surface area contributed by atoms with Gasteiger partial charge in [-0.2, -0.15) is 0 Å². The summed E-state index contributed by atoms with van der Waals surface area (Å²) >= 11 is 0. The Morgan fingerprint density at radius 3 is 1.42 bits per heavy atom. The molecule has 0 aromatic heterocycles. The van der Waals surface area contributed by atoms with Crippen molar-refractivity contribution >= 4 is 64.6 Å². The van der Waals surface area contributed by atoms with Crippen molar-refractivity contribution in [1.82, 2.24) is 0 Å². The SMILES string of the molecule is c1ccc(-c2cc(-c3c4ccccc4c(-c4ccc5ccccc5c4)c4ccccc34)cc(-c3ccc4ccc5cccc6ccc3c4c56)c2)cc1. The van der Waals surface area contributed by atoms with Gasteiger partial charge in [0.1, 0.15) is 0 Å². The first-order valence-electron chi connectivity index (χ1n) is 18.1. The number of hydrogen-bond donors (Lipinski definition) is 0. The fourth-order valence-electron chi connectivity index (χ4n) is 8.81. The van der Waals surface area contributed by atoms with Crippen LogP contribution in [0.5, 0.6) is 0 Å². The van der Waals surface area contributed by atoms with E-state index in [9.17, 15) is 0 Å². The first-order valence-corrected chi connectivity index (χ1v) is 18.1. The minimum atomic E-state index is 1.21. The van der Waals surface area contributed by atoms with Crippen LogP contribution in [-0.4, -0.2) is 0 Å². The number of rotatable bonds is 4. The molecule has 0 bridgehead atoms. The summed E-state index contributed by atoms with van der Waals surface area (Å²) in [6.07, 6.45) is 0. The average molecular weight is 657 g/mol. The van der Waals surface area contributed by atoms with Gasteiger partial charge in [-0.15, -0.1) is 0 Å². The maximum absolute atomic E-state index is 2.43. The third-order valence-electron chi connectivity index (χ3n) is 11.1. The fraction of sp³-hybridized carbons (Fsp3) is 0. The second-order valence-electron chi connectivity index (χ2n) is 14.0. The summed E-state index contributed by atoms with van der Waals surface area (Å²) in [5.41, 5.74) is 9.92. The molecule has 0 unspecified atom stereocenters. The predicted molar refractivity (Wildman–Crippen MR) is 224 cm³/mol. The first-order chi connectivity index (χ1) is 25.8. The van der Waals surface area contributed by atoms with Crippen molar-refractivity contribution < 1.29 is 0 Å². The third-order valence-corrected chi connectivity index (χ3v) is 11.1. The molecule has 0 saturated heterocycles. The maximum Gasteiger partial charge on any atom is -0.00206 e. The highest BCUT2D eigenvalue weighted by Gasteiger charge is 2.19. The molecule has 0 radical (unpaired) electrons. The molecule has 0 N–H and O–H groups in total. The van der Waals surface area contributed by atoms with Gasteiger partial charge in [-0.25, -0.2) is 0 Å². The average Bonchev–Trinajstić information content (AvgIpc) is 3.21. The minimum absolute atomic E-state index is 1.21. The Morgan fingerprint density at radius 1 is 0.212 bits per heavy atom. The molecule has 0 heteroatoms. The molecule has 0 saturated carbocycles. The lowest BCUT2D eigenvalue weighted by molar-refractivity contribution is 1.60. The molecular weight excluding hydrogens is 625 g/mol. The molecule has 0 fully saturated rings. The van der Waals surface area contributed by atoms with E-state index in [1.807, 2.05) is 0 Å². The van der Waals surface area contributed by atoms with Gasteiger partial charge in [0.15, 0.2) is 0 Å². The Bertz CT molecular complexity index is 3090. The zero-order valence-corrected chi connectivity index (χ0v) is 28.5. The molecule has 11 aromatic rings. The lowest BCUT2D eigenvalue weighted by atomic mass is 9.83. The summed E-state index contributed by atoms with van der Waals surface area (Å²) < 4.78 is 0. The lowest BCUT2D eigenvalue weighted by Gasteiger charge is -2.20. The Labute approximate surface area is 302 Å². The highest BCUT2D eigenvalue weighted by molar-refractivity contribution is 6.26. The largest absolute Gasteiger partial charge is 0.0622 e. The highest BCUT2D eigenvalue weighted by atomic mass is 14.2. The van der Waals surface area contributed by atoms with E-state index in [-0.39, 0.29) is 0 Å². The van der Waals surface area contributed by atoms with Crippen molar-refractivity contribution in [3.63, 3.8) is 0 Å². The monoisotopic (exact) mass is 656 g/mol. The van der Waals surface area contributed by atoms with Gasteiger partial charge in [-0.05, 0) is 133 Å². The summed E-state index contributed by atoms with van der Waals surface area (Å²) in [6.45, 7) is 0. The van der Waals surface area contributed by atoms with E-state index >= 15 is 0 Å². The van der Waals surface area contributed by atoms with Gasteiger partial charge in [-0.1, -0.05) is 170 Å². The van der Waals surface area contributed by atoms with Crippen LogP contribution in [0.15, 0.2) is 194 Å². The van der Waals surface area contributed by atoms with Gasteiger partial charge >= 0.3 is 0 Å². The van der Waals surface area contributed by atoms with E-state index in [0.29, 0.717) is 0 Å². The van der Waals surface area contributed by atoms with Crippen molar-refractivity contribution in [2.75, 3.05) is 0 Å². The third kappa shape index (κ3) is 4.41. The summed E-state index contributed by atoms with van der Waals surface area (Å²) in [5.74, 6) is 0. The van der Waals surface area contributed by atoms with Crippen LogP contribution in [0.1, 0.15) is 0 Å². The topological polar surface area (TPSA) is 0 Å². The molecule has 0 atom stereocenters. The van der Waals surface area contributed by atoms with Crippen LogP contribution >= 0.6 is 0 Å². The Kier molecular flexibility index (Phi) is 6.35. The standard InChI is InChI=1S/C52H32/c1-2-11-33(12-3-1)40-30-41(43-27-25-37-23-22-35-15-10-16-36-26-28-48(43)52(37)49(35)36)32-42(31-40)51-46-19-8-6-17-44(46)50(45-18-7-9-20-47(45)51)39-24-21-34-13-4-5-14-38(34)29-39/h1-32H. The van der Waals surface area contributed by atoms with Crippen LogP contribution in [0, 0.1) is 0 Å². The normalized spacial score (nSPS) is 11.8. The van der Waals surface area contributed by atoms with Gasteiger partial charge in [0.25, 0.3) is 0 Å². The lowest BCUT2D eigenvalue weighted by Crippen LogP contribution is -1.93. The van der Waals surface area contributed by atoms with Crippen molar-refractivity contribution in [3.8, 4) is 44.5 Å². The Balaban J connectivity index is 1.23. The molecule has 11 rings (SSSR count). The Morgan fingerprint density at radius 2 is 0.712 bits per heavy atom. The molecule has 0 aliphatic carbocycles. The second kappa shape index (κ2) is 11.4. The fourth-order valence-corrected chi connectivity index (χ4v) is 8.81. The van der Waals surface area contributed by atoms with Crippen LogP contribution < -0.4 is 0 Å². The summed E-state index contributed by atoms with van der Waals surface area (Å²) in [6, 6.07) is 72.0.